The van der Waals surface area contributed by atoms with Crippen LogP contribution in [0.3, 0.4) is 0 Å². The zero-order valence-corrected chi connectivity index (χ0v) is 13.0. The summed E-state index contributed by atoms with van der Waals surface area (Å²) in [4.78, 5) is 0. The SMILES string of the molecule is Cc1cc2c3c(c1)OCc1cc(C(C)(C)C)cc(c1-3)OC2. The van der Waals surface area contributed by atoms with E-state index in [2.05, 4.69) is 52.0 Å². The average Bonchev–Trinajstić information content (AvgIpc) is 2.42. The summed E-state index contributed by atoms with van der Waals surface area (Å²) in [5, 5.41) is 0. The number of aryl methyl sites for hydroxylation is 1. The molecule has 0 bridgehead atoms. The van der Waals surface area contributed by atoms with Gasteiger partial charge in [0.1, 0.15) is 24.7 Å². The van der Waals surface area contributed by atoms with Crippen LogP contribution in [0.1, 0.15) is 43.0 Å². The Morgan fingerprint density at radius 1 is 0.810 bits per heavy atom. The fourth-order valence-electron chi connectivity index (χ4n) is 3.27. The summed E-state index contributed by atoms with van der Waals surface area (Å²) in [6.45, 7) is 10.1. The quantitative estimate of drug-likeness (QED) is 0.693. The number of hydrogen-bond donors (Lipinski definition) is 0. The fraction of sp³-hybridized carbons (Fsp3) is 0.368. The largest absolute Gasteiger partial charge is 0.488 e. The van der Waals surface area contributed by atoms with Crippen LogP contribution in [0.25, 0.3) is 11.1 Å². The molecular formula is C19H20O2. The monoisotopic (exact) mass is 280 g/mol. The summed E-state index contributed by atoms with van der Waals surface area (Å²) in [6, 6.07) is 8.82. The van der Waals surface area contributed by atoms with E-state index in [1.54, 1.807) is 0 Å². The molecule has 0 N–H and O–H groups in total. The van der Waals surface area contributed by atoms with Crippen molar-refractivity contribution in [1.82, 2.24) is 0 Å². The molecule has 0 aliphatic carbocycles. The Bertz CT molecular complexity index is 701. The van der Waals surface area contributed by atoms with Gasteiger partial charge in [0, 0.05) is 22.3 Å². The minimum absolute atomic E-state index is 0.114. The molecule has 2 heterocycles. The summed E-state index contributed by atoms with van der Waals surface area (Å²) < 4.78 is 12.1. The van der Waals surface area contributed by atoms with Crippen molar-refractivity contribution in [2.75, 3.05) is 0 Å². The molecular weight excluding hydrogens is 260 g/mol. The first kappa shape index (κ1) is 12.8. The summed E-state index contributed by atoms with van der Waals surface area (Å²) in [5.74, 6) is 2.02. The molecule has 0 saturated carbocycles. The molecule has 0 aromatic heterocycles. The van der Waals surface area contributed by atoms with E-state index in [9.17, 15) is 0 Å². The second-order valence-corrected chi connectivity index (χ2v) is 7.13. The number of rotatable bonds is 0. The Kier molecular flexibility index (Phi) is 2.45. The van der Waals surface area contributed by atoms with Crippen LogP contribution in [-0.2, 0) is 18.6 Å². The Morgan fingerprint density at radius 2 is 1.38 bits per heavy atom. The lowest BCUT2D eigenvalue weighted by molar-refractivity contribution is 0.276. The summed E-state index contributed by atoms with van der Waals surface area (Å²) in [5.41, 5.74) is 7.61. The highest BCUT2D eigenvalue weighted by molar-refractivity contribution is 5.84. The average molecular weight is 280 g/mol. The fourth-order valence-corrected chi connectivity index (χ4v) is 3.27. The first-order valence-corrected chi connectivity index (χ1v) is 7.50. The summed E-state index contributed by atoms with van der Waals surface area (Å²) >= 11 is 0. The highest BCUT2D eigenvalue weighted by atomic mass is 16.5. The molecule has 21 heavy (non-hydrogen) atoms. The normalized spacial score (nSPS) is 15.0. The number of ether oxygens (including phenoxy) is 2. The van der Waals surface area contributed by atoms with E-state index in [-0.39, 0.29) is 5.41 Å². The first-order chi connectivity index (χ1) is 9.93. The molecule has 0 atom stereocenters. The van der Waals surface area contributed by atoms with Crippen LogP contribution in [0.15, 0.2) is 24.3 Å². The third-order valence-corrected chi connectivity index (χ3v) is 4.39. The minimum Gasteiger partial charge on any atom is -0.488 e. The van der Waals surface area contributed by atoms with Crippen LogP contribution >= 0.6 is 0 Å². The van der Waals surface area contributed by atoms with Gasteiger partial charge in [-0.2, -0.15) is 0 Å². The van der Waals surface area contributed by atoms with Gasteiger partial charge >= 0.3 is 0 Å². The van der Waals surface area contributed by atoms with Gasteiger partial charge in [-0.25, -0.2) is 0 Å². The molecule has 108 valence electrons. The van der Waals surface area contributed by atoms with E-state index in [0.717, 1.165) is 11.5 Å². The van der Waals surface area contributed by atoms with E-state index in [1.807, 2.05) is 0 Å². The van der Waals surface area contributed by atoms with Gasteiger partial charge < -0.3 is 9.47 Å². The van der Waals surface area contributed by atoms with Crippen molar-refractivity contribution in [1.29, 1.82) is 0 Å². The van der Waals surface area contributed by atoms with Gasteiger partial charge in [-0.15, -0.1) is 0 Å². The van der Waals surface area contributed by atoms with Gasteiger partial charge in [0.15, 0.2) is 0 Å². The van der Waals surface area contributed by atoms with Crippen molar-refractivity contribution in [2.24, 2.45) is 0 Å². The molecule has 2 aliphatic rings. The number of benzene rings is 2. The summed E-state index contributed by atoms with van der Waals surface area (Å²) in [7, 11) is 0. The standard InChI is InChI=1S/C19H20O2/c1-11-5-12-9-21-16-8-14(19(2,3)4)7-13-10-20-15(6-11)17(12)18(13)16/h5-8H,9-10H2,1-4H3. The van der Waals surface area contributed by atoms with Crippen molar-refractivity contribution in [3.63, 3.8) is 0 Å². The van der Waals surface area contributed by atoms with Crippen LogP contribution < -0.4 is 9.47 Å². The van der Waals surface area contributed by atoms with Gasteiger partial charge in [-0.3, -0.25) is 0 Å². The lowest BCUT2D eigenvalue weighted by atomic mass is 9.82. The van der Waals surface area contributed by atoms with Gasteiger partial charge in [0.2, 0.25) is 0 Å². The van der Waals surface area contributed by atoms with E-state index in [4.69, 9.17) is 9.47 Å². The Balaban J connectivity index is 2.01. The first-order valence-electron chi connectivity index (χ1n) is 7.50. The van der Waals surface area contributed by atoms with Gasteiger partial charge in [0.05, 0.1) is 0 Å². The molecule has 2 nitrogen and oxygen atoms in total. The van der Waals surface area contributed by atoms with Crippen LogP contribution in [0.5, 0.6) is 11.5 Å². The molecule has 0 radical (unpaired) electrons. The van der Waals surface area contributed by atoms with Crippen molar-refractivity contribution < 1.29 is 9.47 Å². The molecule has 2 aromatic rings. The van der Waals surface area contributed by atoms with Crippen molar-refractivity contribution in [2.45, 2.75) is 46.3 Å². The molecule has 0 saturated heterocycles. The minimum atomic E-state index is 0.114. The molecule has 2 heteroatoms. The Labute approximate surface area is 125 Å². The topological polar surface area (TPSA) is 18.5 Å². The zero-order chi connectivity index (χ0) is 14.8. The van der Waals surface area contributed by atoms with Crippen LogP contribution in [0.2, 0.25) is 0 Å². The molecule has 0 amide bonds. The van der Waals surface area contributed by atoms with Crippen LogP contribution in [-0.4, -0.2) is 0 Å². The predicted octanol–water partition coefficient (Wildman–Crippen LogP) is 4.74. The molecule has 4 rings (SSSR count). The van der Waals surface area contributed by atoms with Crippen LogP contribution in [0, 0.1) is 6.92 Å². The molecule has 2 aromatic carbocycles. The van der Waals surface area contributed by atoms with Crippen LogP contribution in [0.4, 0.5) is 0 Å². The maximum Gasteiger partial charge on any atom is 0.128 e. The molecule has 0 fully saturated rings. The Morgan fingerprint density at radius 3 is 2.00 bits per heavy atom. The van der Waals surface area contributed by atoms with E-state index < -0.39 is 0 Å². The third-order valence-electron chi connectivity index (χ3n) is 4.39. The maximum absolute atomic E-state index is 6.05. The zero-order valence-electron chi connectivity index (χ0n) is 13.0. The van der Waals surface area contributed by atoms with E-state index in [1.165, 1.54) is 33.4 Å². The van der Waals surface area contributed by atoms with Crippen molar-refractivity contribution in [3.8, 4) is 22.6 Å². The number of hydrogen-bond acceptors (Lipinski definition) is 2. The Hall–Kier alpha value is -1.96. The molecule has 0 spiro atoms. The lowest BCUT2D eigenvalue weighted by Crippen LogP contribution is -2.18. The molecule has 2 aliphatic heterocycles. The van der Waals surface area contributed by atoms with E-state index >= 15 is 0 Å². The third kappa shape index (κ3) is 1.85. The summed E-state index contributed by atoms with van der Waals surface area (Å²) in [6.07, 6.45) is 0. The van der Waals surface area contributed by atoms with Gasteiger partial charge in [-0.1, -0.05) is 32.9 Å². The van der Waals surface area contributed by atoms with E-state index in [0.29, 0.717) is 13.2 Å². The van der Waals surface area contributed by atoms with Crippen molar-refractivity contribution in [3.05, 3.63) is 46.5 Å². The predicted molar refractivity (Wildman–Crippen MR) is 84.0 cm³/mol. The lowest BCUT2D eigenvalue weighted by Gasteiger charge is -2.32. The molecule has 0 unspecified atom stereocenters. The van der Waals surface area contributed by atoms with Gasteiger partial charge in [-0.05, 0) is 35.6 Å². The second-order valence-electron chi connectivity index (χ2n) is 7.13. The second kappa shape index (κ2) is 4.03. The maximum atomic E-state index is 6.05. The van der Waals surface area contributed by atoms with Crippen molar-refractivity contribution >= 4 is 0 Å². The smallest absolute Gasteiger partial charge is 0.128 e. The van der Waals surface area contributed by atoms with Gasteiger partial charge in [0.25, 0.3) is 0 Å². The highest BCUT2D eigenvalue weighted by Crippen LogP contribution is 2.49. The highest BCUT2D eigenvalue weighted by Gasteiger charge is 2.30.